The van der Waals surface area contributed by atoms with Gasteiger partial charge in [-0.3, -0.25) is 4.90 Å². The molecule has 0 heterocycles. The fourth-order valence-electron chi connectivity index (χ4n) is 1.87. The first-order valence-electron chi connectivity index (χ1n) is 7.63. The van der Waals surface area contributed by atoms with Gasteiger partial charge >= 0.3 is 0 Å². The highest BCUT2D eigenvalue weighted by Gasteiger charge is 2.00. The molecule has 5 heteroatoms. The van der Waals surface area contributed by atoms with Gasteiger partial charge in [-0.1, -0.05) is 36.4 Å². The highest BCUT2D eigenvalue weighted by molar-refractivity contribution is 5.30. The van der Waals surface area contributed by atoms with Gasteiger partial charge in [0.1, 0.15) is 11.5 Å². The lowest BCUT2D eigenvalue weighted by Crippen LogP contribution is -2.32. The molecule has 0 unspecified atom stereocenters. The number of aliphatic hydroxyl groups is 3. The molecule has 0 aliphatic carbocycles. The van der Waals surface area contributed by atoms with Gasteiger partial charge in [0.25, 0.3) is 0 Å². The Balaban J connectivity index is 0.000000241. The van der Waals surface area contributed by atoms with Gasteiger partial charge in [-0.15, -0.1) is 0 Å². The highest BCUT2D eigenvalue weighted by Crippen LogP contribution is 2.19. The molecular formula is C18H25NO4. The first kappa shape index (κ1) is 19.1. The number of rotatable bonds is 8. The Labute approximate surface area is 137 Å². The molecule has 0 atom stereocenters. The molecule has 0 spiro atoms. The number of hydrogen-bond acceptors (Lipinski definition) is 5. The Bertz CT molecular complexity index is 441. The number of nitrogens with zero attached hydrogens (tertiary/aromatic N) is 1. The van der Waals surface area contributed by atoms with E-state index in [1.54, 1.807) is 4.90 Å². The Morgan fingerprint density at radius 3 is 1.26 bits per heavy atom. The smallest absolute Gasteiger partial charge is 0.127 e. The first-order valence-corrected chi connectivity index (χ1v) is 7.63. The van der Waals surface area contributed by atoms with Crippen molar-refractivity contribution in [2.24, 2.45) is 0 Å². The zero-order valence-corrected chi connectivity index (χ0v) is 13.2. The van der Waals surface area contributed by atoms with E-state index in [2.05, 4.69) is 0 Å². The van der Waals surface area contributed by atoms with E-state index in [-0.39, 0.29) is 19.8 Å². The number of ether oxygens (including phenoxy) is 1. The lowest BCUT2D eigenvalue weighted by Gasteiger charge is -2.17. The predicted octanol–water partition coefficient (Wildman–Crippen LogP) is 1.74. The van der Waals surface area contributed by atoms with Crippen LogP contribution in [0.1, 0.15) is 0 Å². The van der Waals surface area contributed by atoms with Crippen LogP contribution in [0.3, 0.4) is 0 Å². The van der Waals surface area contributed by atoms with Gasteiger partial charge < -0.3 is 20.1 Å². The van der Waals surface area contributed by atoms with Gasteiger partial charge in [-0.2, -0.15) is 0 Å². The molecule has 5 nitrogen and oxygen atoms in total. The summed E-state index contributed by atoms with van der Waals surface area (Å²) in [4.78, 5) is 1.79. The molecule has 126 valence electrons. The van der Waals surface area contributed by atoms with Crippen LogP contribution in [0.5, 0.6) is 11.5 Å². The highest BCUT2D eigenvalue weighted by atomic mass is 16.5. The third kappa shape index (κ3) is 8.95. The van der Waals surface area contributed by atoms with E-state index in [9.17, 15) is 0 Å². The van der Waals surface area contributed by atoms with Crippen molar-refractivity contribution < 1.29 is 20.1 Å². The summed E-state index contributed by atoms with van der Waals surface area (Å²) < 4.78 is 5.58. The molecule has 3 N–H and O–H groups in total. The summed E-state index contributed by atoms with van der Waals surface area (Å²) in [6.45, 7) is 1.75. The summed E-state index contributed by atoms with van der Waals surface area (Å²) in [5, 5.41) is 25.5. The second-order valence-electron chi connectivity index (χ2n) is 4.74. The van der Waals surface area contributed by atoms with E-state index in [1.807, 2.05) is 60.7 Å². The van der Waals surface area contributed by atoms with Crippen LogP contribution in [0.15, 0.2) is 60.7 Å². The lowest BCUT2D eigenvalue weighted by atomic mass is 10.3. The maximum Gasteiger partial charge on any atom is 0.127 e. The van der Waals surface area contributed by atoms with Crippen molar-refractivity contribution >= 4 is 0 Å². The van der Waals surface area contributed by atoms with Gasteiger partial charge in [0.15, 0.2) is 0 Å². The quantitative estimate of drug-likeness (QED) is 0.691. The molecule has 0 bridgehead atoms. The number of hydrogen-bond donors (Lipinski definition) is 3. The Morgan fingerprint density at radius 2 is 0.957 bits per heavy atom. The summed E-state index contributed by atoms with van der Waals surface area (Å²) in [6.07, 6.45) is 0. The van der Waals surface area contributed by atoms with Crippen molar-refractivity contribution in [3.05, 3.63) is 60.7 Å². The summed E-state index contributed by atoms with van der Waals surface area (Å²) >= 11 is 0. The van der Waals surface area contributed by atoms with Crippen molar-refractivity contribution in [2.75, 3.05) is 39.5 Å². The Morgan fingerprint density at radius 1 is 0.609 bits per heavy atom. The molecule has 0 aliphatic rings. The van der Waals surface area contributed by atoms with Crippen molar-refractivity contribution in [3.63, 3.8) is 0 Å². The van der Waals surface area contributed by atoms with Crippen LogP contribution in [0.4, 0.5) is 0 Å². The van der Waals surface area contributed by atoms with E-state index in [4.69, 9.17) is 20.1 Å². The average molecular weight is 319 g/mol. The lowest BCUT2D eigenvalue weighted by molar-refractivity contribution is 0.136. The van der Waals surface area contributed by atoms with E-state index in [1.165, 1.54) is 0 Å². The molecule has 0 saturated heterocycles. The molecule has 2 aromatic carbocycles. The van der Waals surface area contributed by atoms with Crippen LogP contribution in [0.2, 0.25) is 0 Å². The number of benzene rings is 2. The minimum Gasteiger partial charge on any atom is -0.457 e. The van der Waals surface area contributed by atoms with Crippen molar-refractivity contribution in [1.29, 1.82) is 0 Å². The van der Waals surface area contributed by atoms with Crippen LogP contribution >= 0.6 is 0 Å². The molecular weight excluding hydrogens is 294 g/mol. The topological polar surface area (TPSA) is 73.2 Å². The van der Waals surface area contributed by atoms with Gasteiger partial charge in [0, 0.05) is 19.6 Å². The summed E-state index contributed by atoms with van der Waals surface area (Å²) in [5.74, 6) is 1.74. The monoisotopic (exact) mass is 319 g/mol. The largest absolute Gasteiger partial charge is 0.457 e. The summed E-state index contributed by atoms with van der Waals surface area (Å²) in [6, 6.07) is 19.5. The second kappa shape index (κ2) is 12.6. The first-order chi connectivity index (χ1) is 11.3. The van der Waals surface area contributed by atoms with Crippen LogP contribution in [-0.4, -0.2) is 59.7 Å². The van der Waals surface area contributed by atoms with Crippen molar-refractivity contribution in [3.8, 4) is 11.5 Å². The third-order valence-electron chi connectivity index (χ3n) is 2.97. The predicted molar refractivity (Wildman–Crippen MR) is 90.7 cm³/mol. The molecule has 2 rings (SSSR count). The van der Waals surface area contributed by atoms with Crippen LogP contribution < -0.4 is 4.74 Å². The normalized spacial score (nSPS) is 10.1. The molecule has 0 aliphatic heterocycles. The van der Waals surface area contributed by atoms with E-state index < -0.39 is 0 Å². The standard InChI is InChI=1S/C12H10O.C6H15NO3/c1-3-7-11(8-4-1)13-12-9-5-2-6-10-12;8-4-1-7(2-5-9)3-6-10/h1-10H;8-10H,1-6H2. The van der Waals surface area contributed by atoms with Gasteiger partial charge in [0.05, 0.1) is 19.8 Å². The van der Waals surface area contributed by atoms with Gasteiger partial charge in [0.2, 0.25) is 0 Å². The molecule has 0 amide bonds. The van der Waals surface area contributed by atoms with Gasteiger partial charge in [-0.25, -0.2) is 0 Å². The van der Waals surface area contributed by atoms with E-state index in [0.29, 0.717) is 19.6 Å². The summed E-state index contributed by atoms with van der Waals surface area (Å²) in [5.41, 5.74) is 0. The Hall–Kier alpha value is -1.92. The zero-order valence-electron chi connectivity index (χ0n) is 13.2. The molecule has 0 aromatic heterocycles. The van der Waals surface area contributed by atoms with E-state index in [0.717, 1.165) is 11.5 Å². The zero-order chi connectivity index (χ0) is 16.8. The van der Waals surface area contributed by atoms with Crippen LogP contribution in [-0.2, 0) is 0 Å². The minimum absolute atomic E-state index is 0.0694. The van der Waals surface area contributed by atoms with Crippen LogP contribution in [0.25, 0.3) is 0 Å². The maximum absolute atomic E-state index is 8.48. The average Bonchev–Trinajstić information content (AvgIpc) is 2.58. The molecule has 0 radical (unpaired) electrons. The third-order valence-corrected chi connectivity index (χ3v) is 2.97. The van der Waals surface area contributed by atoms with E-state index >= 15 is 0 Å². The SMILES string of the molecule is OCCN(CCO)CCO.c1ccc(Oc2ccccc2)cc1. The fraction of sp³-hybridized carbons (Fsp3) is 0.333. The van der Waals surface area contributed by atoms with Crippen LogP contribution in [0, 0.1) is 0 Å². The molecule has 0 saturated carbocycles. The van der Waals surface area contributed by atoms with Gasteiger partial charge in [-0.05, 0) is 24.3 Å². The van der Waals surface area contributed by atoms with Crippen molar-refractivity contribution in [2.45, 2.75) is 0 Å². The molecule has 23 heavy (non-hydrogen) atoms. The second-order valence-corrected chi connectivity index (χ2v) is 4.74. The van der Waals surface area contributed by atoms with Crippen molar-refractivity contribution in [1.82, 2.24) is 4.90 Å². The molecule has 0 fully saturated rings. The summed E-state index contributed by atoms with van der Waals surface area (Å²) in [7, 11) is 0. The maximum atomic E-state index is 8.48. The minimum atomic E-state index is 0.0694. The number of aliphatic hydroxyl groups excluding tert-OH is 3. The fourth-order valence-corrected chi connectivity index (χ4v) is 1.87. The number of para-hydroxylation sites is 2. The molecule has 2 aromatic rings. The Kier molecular flexibility index (Phi) is 10.5.